The molecule has 0 aromatic heterocycles. The first-order chi connectivity index (χ1) is 7.58. The van der Waals surface area contributed by atoms with Gasteiger partial charge in [0.1, 0.15) is 11.6 Å². The van der Waals surface area contributed by atoms with E-state index in [-0.39, 0.29) is 18.8 Å². The van der Waals surface area contributed by atoms with Gasteiger partial charge in [-0.05, 0) is 11.6 Å². The molecule has 0 heterocycles. The molecule has 1 rings (SSSR count). The maximum absolute atomic E-state index is 13.2. The van der Waals surface area contributed by atoms with E-state index < -0.39 is 11.8 Å². The first-order valence-electron chi connectivity index (χ1n) is 4.64. The molecule has 0 aliphatic heterocycles. The number of benzene rings is 1. The van der Waals surface area contributed by atoms with Crippen molar-refractivity contribution < 1.29 is 23.8 Å². The molecule has 0 saturated heterocycles. The topological polar surface area (TPSA) is 55.8 Å². The Labute approximate surface area is 92.6 Å². The minimum absolute atomic E-state index is 0.150. The van der Waals surface area contributed by atoms with Crippen LogP contribution in [-0.2, 0) is 22.6 Å². The van der Waals surface area contributed by atoms with Gasteiger partial charge in [0.25, 0.3) is 0 Å². The molecule has 0 unspecified atom stereocenters. The Kier molecular flexibility index (Phi) is 4.25. The van der Waals surface area contributed by atoms with Gasteiger partial charge in [0, 0.05) is 18.7 Å². The maximum Gasteiger partial charge on any atom is 0.307 e. The molecule has 1 N–H and O–H groups in total. The lowest BCUT2D eigenvalue weighted by atomic mass is 10.0. The lowest BCUT2D eigenvalue weighted by Gasteiger charge is -2.12. The van der Waals surface area contributed by atoms with Crippen LogP contribution in [0.5, 0.6) is 5.75 Å². The molecule has 0 bridgehead atoms. The van der Waals surface area contributed by atoms with Crippen LogP contribution in [0.25, 0.3) is 0 Å². The summed E-state index contributed by atoms with van der Waals surface area (Å²) in [7, 11) is 2.83. The molecule has 0 atom stereocenters. The fourth-order valence-corrected chi connectivity index (χ4v) is 1.48. The van der Waals surface area contributed by atoms with Crippen molar-refractivity contribution in [1.82, 2.24) is 0 Å². The molecule has 4 nitrogen and oxygen atoms in total. The van der Waals surface area contributed by atoms with E-state index in [0.29, 0.717) is 11.1 Å². The summed E-state index contributed by atoms with van der Waals surface area (Å²) in [5.74, 6) is -1.24. The fourth-order valence-electron chi connectivity index (χ4n) is 1.48. The van der Waals surface area contributed by atoms with E-state index in [9.17, 15) is 9.18 Å². The molecule has 88 valence electrons. The summed E-state index contributed by atoms with van der Waals surface area (Å²) in [6, 6.07) is 2.42. The molecule has 0 aliphatic rings. The van der Waals surface area contributed by atoms with Crippen molar-refractivity contribution in [2.45, 2.75) is 13.0 Å². The Morgan fingerprint density at radius 3 is 2.62 bits per heavy atom. The predicted octanol–water partition coefficient (Wildman–Crippen LogP) is 1.61. The van der Waals surface area contributed by atoms with Crippen molar-refractivity contribution in [1.29, 1.82) is 0 Å². The zero-order valence-electron chi connectivity index (χ0n) is 9.12. The third-order valence-electron chi connectivity index (χ3n) is 2.11. The van der Waals surface area contributed by atoms with Crippen LogP contribution in [0.15, 0.2) is 12.1 Å². The minimum Gasteiger partial charge on any atom is -0.496 e. The van der Waals surface area contributed by atoms with E-state index in [0.717, 1.165) is 6.07 Å². The zero-order valence-corrected chi connectivity index (χ0v) is 9.12. The molecule has 0 spiro atoms. The van der Waals surface area contributed by atoms with Crippen molar-refractivity contribution in [2.24, 2.45) is 0 Å². The number of halogens is 1. The zero-order chi connectivity index (χ0) is 12.1. The molecule has 0 amide bonds. The van der Waals surface area contributed by atoms with E-state index in [1.165, 1.54) is 20.3 Å². The van der Waals surface area contributed by atoms with Crippen molar-refractivity contribution in [3.05, 3.63) is 29.1 Å². The molecular formula is C11H13FO4. The number of hydrogen-bond acceptors (Lipinski definition) is 3. The molecule has 0 saturated carbocycles. The Morgan fingerprint density at radius 1 is 1.44 bits per heavy atom. The van der Waals surface area contributed by atoms with Gasteiger partial charge in [-0.3, -0.25) is 4.79 Å². The molecule has 1 aromatic carbocycles. The van der Waals surface area contributed by atoms with Gasteiger partial charge < -0.3 is 14.6 Å². The van der Waals surface area contributed by atoms with Gasteiger partial charge in [-0.2, -0.15) is 0 Å². The van der Waals surface area contributed by atoms with Gasteiger partial charge in [-0.15, -0.1) is 0 Å². The summed E-state index contributed by atoms with van der Waals surface area (Å²) < 4.78 is 23.0. The third kappa shape index (κ3) is 2.93. The van der Waals surface area contributed by atoms with Gasteiger partial charge in [-0.25, -0.2) is 4.39 Å². The summed E-state index contributed by atoms with van der Waals surface area (Å²) in [6.07, 6.45) is -0.220. The Bertz CT molecular complexity index is 390. The molecule has 16 heavy (non-hydrogen) atoms. The van der Waals surface area contributed by atoms with Crippen LogP contribution in [0.1, 0.15) is 11.1 Å². The Morgan fingerprint density at radius 2 is 2.12 bits per heavy atom. The third-order valence-corrected chi connectivity index (χ3v) is 2.11. The highest BCUT2D eigenvalue weighted by Crippen LogP contribution is 2.25. The standard InChI is InChI=1S/C11H13FO4/c1-15-6-7-3-8(12)4-10(16-2)9(7)5-11(13)14/h3-4H,5-6H2,1-2H3,(H,13,14). The van der Waals surface area contributed by atoms with Crippen molar-refractivity contribution in [3.63, 3.8) is 0 Å². The molecule has 1 aromatic rings. The number of carboxylic acids is 1. The normalized spacial score (nSPS) is 10.2. The van der Waals surface area contributed by atoms with Crippen LogP contribution in [0, 0.1) is 5.82 Å². The molecule has 0 fully saturated rings. The van der Waals surface area contributed by atoms with E-state index in [4.69, 9.17) is 14.6 Å². The molecule has 0 aliphatic carbocycles. The number of rotatable bonds is 5. The number of carboxylic acid groups (broad SMARTS) is 1. The molecule has 0 radical (unpaired) electrons. The number of methoxy groups -OCH3 is 2. The van der Waals surface area contributed by atoms with Crippen LogP contribution in [0.4, 0.5) is 4.39 Å². The summed E-state index contributed by atoms with van der Waals surface area (Å²) in [5, 5.41) is 8.76. The SMILES string of the molecule is COCc1cc(F)cc(OC)c1CC(=O)O. The summed E-state index contributed by atoms with van der Waals surface area (Å²) in [5.41, 5.74) is 0.931. The van der Waals surface area contributed by atoms with Gasteiger partial charge >= 0.3 is 5.97 Å². The van der Waals surface area contributed by atoms with Gasteiger partial charge in [-0.1, -0.05) is 0 Å². The summed E-state index contributed by atoms with van der Waals surface area (Å²) in [4.78, 5) is 10.7. The number of hydrogen-bond donors (Lipinski definition) is 1. The summed E-state index contributed by atoms with van der Waals surface area (Å²) in [6.45, 7) is 0.150. The van der Waals surface area contributed by atoms with Crippen LogP contribution in [-0.4, -0.2) is 25.3 Å². The fraction of sp³-hybridized carbons (Fsp3) is 0.364. The second-order valence-electron chi connectivity index (χ2n) is 3.25. The smallest absolute Gasteiger partial charge is 0.307 e. The van der Waals surface area contributed by atoms with Gasteiger partial charge in [0.05, 0.1) is 20.1 Å². The van der Waals surface area contributed by atoms with Crippen molar-refractivity contribution >= 4 is 5.97 Å². The van der Waals surface area contributed by atoms with Crippen LogP contribution in [0.2, 0.25) is 0 Å². The second kappa shape index (κ2) is 5.46. The minimum atomic E-state index is -0.998. The lowest BCUT2D eigenvalue weighted by Crippen LogP contribution is -2.07. The largest absolute Gasteiger partial charge is 0.496 e. The van der Waals surface area contributed by atoms with E-state index in [1.54, 1.807) is 0 Å². The lowest BCUT2D eigenvalue weighted by molar-refractivity contribution is -0.136. The highest BCUT2D eigenvalue weighted by molar-refractivity contribution is 5.72. The van der Waals surface area contributed by atoms with Crippen LogP contribution < -0.4 is 4.74 Å². The number of aliphatic carboxylic acids is 1. The first kappa shape index (κ1) is 12.4. The number of carbonyl (C=O) groups is 1. The van der Waals surface area contributed by atoms with Gasteiger partial charge in [0.15, 0.2) is 0 Å². The predicted molar refractivity (Wildman–Crippen MR) is 55.0 cm³/mol. The summed E-state index contributed by atoms with van der Waals surface area (Å²) >= 11 is 0. The van der Waals surface area contributed by atoms with Crippen molar-refractivity contribution in [2.75, 3.05) is 14.2 Å². The monoisotopic (exact) mass is 228 g/mol. The average molecular weight is 228 g/mol. The highest BCUT2D eigenvalue weighted by atomic mass is 19.1. The van der Waals surface area contributed by atoms with Crippen molar-refractivity contribution in [3.8, 4) is 5.75 Å². The Balaban J connectivity index is 3.20. The van der Waals surface area contributed by atoms with Crippen LogP contribution in [0.3, 0.4) is 0 Å². The Hall–Kier alpha value is -1.62. The van der Waals surface area contributed by atoms with E-state index in [2.05, 4.69) is 0 Å². The molecule has 5 heteroatoms. The highest BCUT2D eigenvalue weighted by Gasteiger charge is 2.14. The molecular weight excluding hydrogens is 215 g/mol. The van der Waals surface area contributed by atoms with E-state index in [1.807, 2.05) is 0 Å². The first-order valence-corrected chi connectivity index (χ1v) is 4.64. The quantitative estimate of drug-likeness (QED) is 0.831. The maximum atomic E-state index is 13.2. The van der Waals surface area contributed by atoms with E-state index >= 15 is 0 Å². The average Bonchev–Trinajstić information content (AvgIpc) is 2.21. The van der Waals surface area contributed by atoms with Gasteiger partial charge in [0.2, 0.25) is 0 Å². The second-order valence-corrected chi connectivity index (χ2v) is 3.25. The van der Waals surface area contributed by atoms with Crippen LogP contribution >= 0.6 is 0 Å². The number of ether oxygens (including phenoxy) is 2.